The van der Waals surface area contributed by atoms with Crippen molar-refractivity contribution in [1.82, 2.24) is 10.2 Å². The first-order valence-electron chi connectivity index (χ1n) is 12.5. The number of benzene rings is 2. The van der Waals surface area contributed by atoms with E-state index in [0.717, 1.165) is 49.4 Å². The number of piperidine rings is 1. The van der Waals surface area contributed by atoms with Gasteiger partial charge in [-0.25, -0.2) is 4.39 Å². The van der Waals surface area contributed by atoms with Gasteiger partial charge < -0.3 is 19.9 Å². The van der Waals surface area contributed by atoms with Crippen molar-refractivity contribution < 1.29 is 13.9 Å². The van der Waals surface area contributed by atoms with Crippen LogP contribution in [0.25, 0.3) is 0 Å². The Morgan fingerprint density at radius 3 is 2.53 bits per heavy atom. The molecule has 0 spiro atoms. The number of halogens is 2. The number of fused-ring (bicyclic) bond motifs is 1. The van der Waals surface area contributed by atoms with Crippen LogP contribution in [0.2, 0.25) is 0 Å². The Labute approximate surface area is 216 Å². The molecule has 0 bridgehead atoms. The summed E-state index contributed by atoms with van der Waals surface area (Å²) in [5.41, 5.74) is 2.20. The normalized spacial score (nSPS) is 21.6. The van der Waals surface area contributed by atoms with Crippen LogP contribution in [0.15, 0.2) is 76.9 Å². The predicted octanol–water partition coefficient (Wildman–Crippen LogP) is 5.00. The fourth-order valence-electron chi connectivity index (χ4n) is 4.91. The van der Waals surface area contributed by atoms with Crippen molar-refractivity contribution in [3.63, 3.8) is 0 Å². The number of carbonyl (C=O) groups is 1. The Morgan fingerprint density at radius 1 is 1.11 bits per heavy atom. The molecule has 2 aromatic rings. The molecule has 1 fully saturated rings. The van der Waals surface area contributed by atoms with Gasteiger partial charge in [-0.1, -0.05) is 30.7 Å². The van der Waals surface area contributed by atoms with Crippen LogP contribution in [0.3, 0.4) is 0 Å². The van der Waals surface area contributed by atoms with Gasteiger partial charge in [-0.3, -0.25) is 9.79 Å². The molecule has 0 aromatic heterocycles. The van der Waals surface area contributed by atoms with Crippen molar-refractivity contribution in [2.45, 2.75) is 50.9 Å². The lowest BCUT2D eigenvalue weighted by atomic mass is 10.0. The van der Waals surface area contributed by atoms with Gasteiger partial charge >= 0.3 is 0 Å². The quantitative estimate of drug-likeness (QED) is 0.572. The van der Waals surface area contributed by atoms with Gasteiger partial charge in [0.1, 0.15) is 29.5 Å². The standard InChI is InChI=1S/C28H30ClFN4O2/c1-2-25-27(34-18-20(29)5-12-26(34)32-25)28(35)31-17-19-3-8-22(9-4-19)33-15-13-24(14-16-33)36-23-10-6-21(30)7-11-23/h3-12,18,24-25,27H,2,13-17H2,1H3,(H,31,35). The molecule has 0 aliphatic carbocycles. The van der Waals surface area contributed by atoms with Gasteiger partial charge in [-0.05, 0) is 60.5 Å². The molecule has 36 heavy (non-hydrogen) atoms. The van der Waals surface area contributed by atoms with Crippen molar-refractivity contribution in [2.75, 3.05) is 18.0 Å². The number of hydrogen-bond donors (Lipinski definition) is 1. The number of allylic oxidation sites excluding steroid dienone is 2. The second-order valence-corrected chi connectivity index (χ2v) is 9.74. The molecular formula is C28H30ClFN4O2. The molecule has 3 aliphatic rings. The minimum atomic E-state index is -0.388. The number of anilines is 1. The van der Waals surface area contributed by atoms with Gasteiger partial charge in [-0.15, -0.1) is 0 Å². The fourth-order valence-corrected chi connectivity index (χ4v) is 5.08. The average molecular weight is 509 g/mol. The van der Waals surface area contributed by atoms with Gasteiger partial charge in [0.15, 0.2) is 0 Å². The van der Waals surface area contributed by atoms with E-state index in [9.17, 15) is 9.18 Å². The lowest BCUT2D eigenvalue weighted by molar-refractivity contribution is -0.124. The molecule has 3 aliphatic heterocycles. The highest BCUT2D eigenvalue weighted by Crippen LogP contribution is 2.27. The van der Waals surface area contributed by atoms with Crippen LogP contribution in [0, 0.1) is 5.82 Å². The van der Waals surface area contributed by atoms with Crippen LogP contribution in [-0.2, 0) is 11.3 Å². The molecule has 1 N–H and O–H groups in total. The third kappa shape index (κ3) is 5.41. The SMILES string of the molecule is CCC1N=C2C=CC(Cl)=CN2C1C(=O)NCc1ccc(N2CCC(Oc3ccc(F)cc3)CC2)cc1. The summed E-state index contributed by atoms with van der Waals surface area (Å²) in [4.78, 5) is 22.0. The van der Waals surface area contributed by atoms with E-state index in [2.05, 4.69) is 39.5 Å². The third-order valence-corrected chi connectivity index (χ3v) is 7.12. The van der Waals surface area contributed by atoms with Gasteiger partial charge in [-0.2, -0.15) is 0 Å². The van der Waals surface area contributed by atoms with E-state index in [1.165, 1.54) is 12.1 Å². The third-order valence-electron chi connectivity index (χ3n) is 6.89. The number of aliphatic imine (C=N–C) groups is 1. The second-order valence-electron chi connectivity index (χ2n) is 9.30. The molecule has 2 atom stereocenters. The van der Waals surface area contributed by atoms with Gasteiger partial charge in [0, 0.05) is 44.4 Å². The highest BCUT2D eigenvalue weighted by atomic mass is 35.5. The van der Waals surface area contributed by atoms with Crippen molar-refractivity contribution in [3.8, 4) is 5.75 Å². The summed E-state index contributed by atoms with van der Waals surface area (Å²) in [6.45, 7) is 4.28. The van der Waals surface area contributed by atoms with E-state index >= 15 is 0 Å². The average Bonchev–Trinajstić information content (AvgIpc) is 3.27. The smallest absolute Gasteiger partial charge is 0.245 e. The van der Waals surface area contributed by atoms with Crippen molar-refractivity contribution in [2.24, 2.45) is 4.99 Å². The van der Waals surface area contributed by atoms with E-state index in [0.29, 0.717) is 17.3 Å². The van der Waals surface area contributed by atoms with Crippen LogP contribution in [-0.4, -0.2) is 47.9 Å². The van der Waals surface area contributed by atoms with Crippen LogP contribution in [0.5, 0.6) is 5.75 Å². The van der Waals surface area contributed by atoms with Crippen LogP contribution in [0.4, 0.5) is 10.1 Å². The first-order valence-corrected chi connectivity index (χ1v) is 12.8. The Morgan fingerprint density at radius 2 is 1.83 bits per heavy atom. The molecular weight excluding hydrogens is 479 g/mol. The minimum absolute atomic E-state index is 0.0519. The highest BCUT2D eigenvalue weighted by Gasteiger charge is 2.39. The molecule has 3 heterocycles. The molecule has 0 radical (unpaired) electrons. The van der Waals surface area contributed by atoms with Crippen molar-refractivity contribution in [3.05, 3.63) is 83.3 Å². The molecule has 1 saturated heterocycles. The number of amides is 1. The summed E-state index contributed by atoms with van der Waals surface area (Å²) in [7, 11) is 0. The predicted molar refractivity (Wildman–Crippen MR) is 141 cm³/mol. The lowest BCUT2D eigenvalue weighted by Crippen LogP contribution is -2.48. The molecule has 6 nitrogen and oxygen atoms in total. The summed E-state index contributed by atoms with van der Waals surface area (Å²) in [5, 5.41) is 3.67. The maximum atomic E-state index is 13.1. The summed E-state index contributed by atoms with van der Waals surface area (Å²) in [6.07, 6.45) is 8.16. The molecule has 2 aromatic carbocycles. The number of nitrogens with one attached hydrogen (secondary N) is 1. The zero-order chi connectivity index (χ0) is 25.1. The monoisotopic (exact) mass is 508 g/mol. The van der Waals surface area contributed by atoms with E-state index in [4.69, 9.17) is 16.3 Å². The topological polar surface area (TPSA) is 57.2 Å². The summed E-state index contributed by atoms with van der Waals surface area (Å²) < 4.78 is 19.1. The summed E-state index contributed by atoms with van der Waals surface area (Å²) in [6, 6.07) is 14.0. The molecule has 2 unspecified atom stereocenters. The van der Waals surface area contributed by atoms with E-state index in [1.54, 1.807) is 24.4 Å². The molecule has 188 valence electrons. The van der Waals surface area contributed by atoms with E-state index in [-0.39, 0.29) is 29.9 Å². The number of amidine groups is 1. The highest BCUT2D eigenvalue weighted by molar-refractivity contribution is 6.32. The first kappa shape index (κ1) is 24.4. The van der Waals surface area contributed by atoms with Gasteiger partial charge in [0.05, 0.1) is 11.1 Å². The number of carbonyl (C=O) groups excluding carboxylic acids is 1. The maximum absolute atomic E-state index is 13.1. The fraction of sp³-hybridized carbons (Fsp3) is 0.357. The molecule has 5 rings (SSSR count). The first-order chi connectivity index (χ1) is 17.5. The van der Waals surface area contributed by atoms with Crippen LogP contribution in [0.1, 0.15) is 31.7 Å². The molecule has 8 heteroatoms. The number of hydrogen-bond acceptors (Lipinski definition) is 5. The lowest BCUT2D eigenvalue weighted by Gasteiger charge is -2.33. The van der Waals surface area contributed by atoms with E-state index < -0.39 is 0 Å². The van der Waals surface area contributed by atoms with Crippen LogP contribution >= 0.6 is 11.6 Å². The zero-order valence-corrected chi connectivity index (χ0v) is 21.0. The number of ether oxygens (including phenoxy) is 1. The number of rotatable bonds is 7. The van der Waals surface area contributed by atoms with Crippen LogP contribution < -0.4 is 15.0 Å². The van der Waals surface area contributed by atoms with Crippen molar-refractivity contribution in [1.29, 1.82) is 0 Å². The minimum Gasteiger partial charge on any atom is -0.490 e. The largest absolute Gasteiger partial charge is 0.490 e. The molecule has 1 amide bonds. The Bertz CT molecular complexity index is 1170. The van der Waals surface area contributed by atoms with Gasteiger partial charge in [0.2, 0.25) is 5.91 Å². The van der Waals surface area contributed by atoms with Gasteiger partial charge in [0.25, 0.3) is 0 Å². The Balaban J connectivity index is 1.12. The van der Waals surface area contributed by atoms with Crippen molar-refractivity contribution >= 4 is 29.0 Å². The Kier molecular flexibility index (Phi) is 7.28. The van der Waals surface area contributed by atoms with E-state index in [1.807, 2.05) is 17.9 Å². The number of nitrogens with zero attached hydrogens (tertiary/aromatic N) is 3. The maximum Gasteiger partial charge on any atom is 0.245 e. The summed E-state index contributed by atoms with van der Waals surface area (Å²) >= 11 is 6.17. The summed E-state index contributed by atoms with van der Waals surface area (Å²) in [5.74, 6) is 1.18. The Hall–Kier alpha value is -3.32. The second kappa shape index (κ2) is 10.7. The zero-order valence-electron chi connectivity index (χ0n) is 20.2. The molecule has 0 saturated carbocycles.